The van der Waals surface area contributed by atoms with Crippen molar-refractivity contribution < 1.29 is 33.8 Å². The Bertz CT molecular complexity index is 1490. The third-order valence-electron chi connectivity index (χ3n) is 7.53. The van der Waals surface area contributed by atoms with Crippen LogP contribution in [0.3, 0.4) is 0 Å². The van der Waals surface area contributed by atoms with Gasteiger partial charge in [0.2, 0.25) is 5.91 Å². The molecule has 0 aliphatic heterocycles. The molecule has 0 aliphatic carbocycles. The molecule has 0 fully saturated rings. The van der Waals surface area contributed by atoms with E-state index in [9.17, 15) is 24.3 Å². The molecule has 1 unspecified atom stereocenters. The van der Waals surface area contributed by atoms with Crippen LogP contribution in [0.25, 0.3) is 0 Å². The van der Waals surface area contributed by atoms with Gasteiger partial charge in [0.1, 0.15) is 0 Å². The molecule has 3 aromatic rings. The van der Waals surface area contributed by atoms with E-state index >= 15 is 0 Å². The summed E-state index contributed by atoms with van der Waals surface area (Å²) in [7, 11) is 4.74. The first-order valence-corrected chi connectivity index (χ1v) is 14.1. The molecular weight excluding hydrogens is 564 g/mol. The zero-order valence-corrected chi connectivity index (χ0v) is 25.9. The number of hydrogen-bond donors (Lipinski definition) is 4. The Morgan fingerprint density at radius 2 is 1.55 bits per heavy atom. The maximum absolute atomic E-state index is 13.3. The summed E-state index contributed by atoms with van der Waals surface area (Å²) < 4.78 is 10.5. The first-order chi connectivity index (χ1) is 20.8. The molecule has 0 spiro atoms. The summed E-state index contributed by atoms with van der Waals surface area (Å²) in [6, 6.07) is 18.3. The molecule has 0 radical (unpaired) electrons. The van der Waals surface area contributed by atoms with Crippen LogP contribution in [0.5, 0.6) is 11.5 Å². The fourth-order valence-corrected chi connectivity index (χ4v) is 4.57. The van der Waals surface area contributed by atoms with E-state index in [1.807, 2.05) is 31.2 Å². The van der Waals surface area contributed by atoms with E-state index in [4.69, 9.17) is 9.47 Å². The number of ether oxygens (including phenoxy) is 2. The van der Waals surface area contributed by atoms with Crippen LogP contribution in [0.1, 0.15) is 50.3 Å². The minimum atomic E-state index is -1.09. The Labute approximate surface area is 257 Å². The Morgan fingerprint density at radius 1 is 0.886 bits per heavy atom. The number of hydrogen-bond acceptors (Lipinski definition) is 7. The number of rotatable bonds is 14. The van der Waals surface area contributed by atoms with E-state index in [0.717, 1.165) is 11.3 Å². The Balaban J connectivity index is 1.59. The lowest BCUT2D eigenvalue weighted by Crippen LogP contribution is -2.48. The van der Waals surface area contributed by atoms with E-state index in [1.54, 1.807) is 68.3 Å². The molecule has 0 aliphatic rings. The third-order valence-corrected chi connectivity index (χ3v) is 7.53. The molecule has 0 aromatic heterocycles. The number of aryl methyl sites for hydroxylation is 1. The van der Waals surface area contributed by atoms with Crippen LogP contribution in [0.4, 0.5) is 21.9 Å². The van der Waals surface area contributed by atoms with Crippen LogP contribution in [0, 0.1) is 6.92 Å². The van der Waals surface area contributed by atoms with Crippen LogP contribution in [-0.2, 0) is 14.4 Å². The number of carbonyl (C=O) groups is 4. The predicted molar refractivity (Wildman–Crippen MR) is 170 cm³/mol. The number of amides is 3. The molecule has 0 bridgehead atoms. The Kier molecular flexibility index (Phi) is 11.3. The van der Waals surface area contributed by atoms with Gasteiger partial charge in [-0.15, -0.1) is 0 Å². The first kappa shape index (κ1) is 33.4. The van der Waals surface area contributed by atoms with E-state index < -0.39 is 23.5 Å². The molecule has 3 rings (SSSR count). The summed E-state index contributed by atoms with van der Waals surface area (Å²) in [6.07, 6.45) is -0.506. The highest BCUT2D eigenvalue weighted by atomic mass is 16.5. The second-order valence-electron chi connectivity index (χ2n) is 10.8. The smallest absolute Gasteiger partial charge is 0.323 e. The zero-order chi connectivity index (χ0) is 32.4. The number of para-hydroxylation sites is 1. The van der Waals surface area contributed by atoms with Gasteiger partial charge in [-0.2, -0.15) is 0 Å². The van der Waals surface area contributed by atoms with Gasteiger partial charge >= 0.3 is 12.0 Å². The second-order valence-corrected chi connectivity index (χ2v) is 10.8. The standard InChI is InChI=1S/C33H40N4O7/c1-21-9-7-8-10-25(21)36-32(42)34-23-12-14-24(15-13-23)37(4)33(2,3)29(38)17-18-30(39)35-26(20-31(40)41)22-11-16-27(43-5)28(19-22)44-6/h7-16,19,26H,17-18,20H2,1-6H3,(H,35,39)(H,40,41)(H2,34,36,42). The monoisotopic (exact) mass is 604 g/mol. The zero-order valence-electron chi connectivity index (χ0n) is 25.9. The summed E-state index contributed by atoms with van der Waals surface area (Å²) in [4.78, 5) is 51.9. The van der Waals surface area contributed by atoms with Crippen molar-refractivity contribution in [1.29, 1.82) is 0 Å². The van der Waals surface area contributed by atoms with Crippen LogP contribution in [0.15, 0.2) is 66.7 Å². The predicted octanol–water partition coefficient (Wildman–Crippen LogP) is 5.55. The van der Waals surface area contributed by atoms with E-state index in [-0.39, 0.29) is 31.1 Å². The summed E-state index contributed by atoms with van der Waals surface area (Å²) >= 11 is 0. The average Bonchev–Trinajstić information content (AvgIpc) is 3.00. The third kappa shape index (κ3) is 8.73. The average molecular weight is 605 g/mol. The van der Waals surface area contributed by atoms with Crippen molar-refractivity contribution >= 4 is 40.8 Å². The molecule has 1 atom stereocenters. The van der Waals surface area contributed by atoms with Gasteiger partial charge in [-0.05, 0) is 74.4 Å². The maximum atomic E-state index is 13.3. The molecule has 234 valence electrons. The number of ketones is 1. The molecule has 3 aromatic carbocycles. The number of anilines is 3. The summed E-state index contributed by atoms with van der Waals surface area (Å²) in [5.41, 5.74) is 2.57. The van der Waals surface area contributed by atoms with Gasteiger partial charge in [0.25, 0.3) is 0 Å². The number of likely N-dealkylation sites (N-methyl/N-ethyl adjacent to an activating group) is 1. The normalized spacial score (nSPS) is 11.6. The molecule has 11 nitrogen and oxygen atoms in total. The number of aliphatic carboxylic acids is 1. The van der Waals surface area contributed by atoms with E-state index in [1.165, 1.54) is 14.2 Å². The minimum Gasteiger partial charge on any atom is -0.493 e. The van der Waals surface area contributed by atoms with Crippen molar-refractivity contribution in [3.8, 4) is 11.5 Å². The summed E-state index contributed by atoms with van der Waals surface area (Å²) in [5, 5.41) is 17.8. The number of nitrogens with one attached hydrogen (secondary N) is 3. The molecule has 11 heteroatoms. The van der Waals surface area contributed by atoms with Gasteiger partial charge in [0, 0.05) is 37.0 Å². The fourth-order valence-electron chi connectivity index (χ4n) is 4.57. The van der Waals surface area contributed by atoms with Gasteiger partial charge in [0.15, 0.2) is 17.3 Å². The molecular formula is C33H40N4O7. The molecule has 0 heterocycles. The highest BCUT2D eigenvalue weighted by Crippen LogP contribution is 2.31. The van der Waals surface area contributed by atoms with Gasteiger partial charge in [-0.3, -0.25) is 14.4 Å². The van der Waals surface area contributed by atoms with Crippen molar-refractivity contribution in [2.45, 2.75) is 51.6 Å². The maximum Gasteiger partial charge on any atom is 0.323 e. The number of carboxylic acids is 1. The highest BCUT2D eigenvalue weighted by molar-refractivity contribution is 6.00. The molecule has 4 N–H and O–H groups in total. The minimum absolute atomic E-state index is 0.0480. The topological polar surface area (TPSA) is 146 Å². The number of carbonyl (C=O) groups excluding carboxylic acids is 3. The fraction of sp³-hybridized carbons (Fsp3) is 0.333. The number of methoxy groups -OCH3 is 2. The van der Waals surface area contributed by atoms with Crippen LogP contribution in [-0.4, -0.2) is 55.6 Å². The highest BCUT2D eigenvalue weighted by Gasteiger charge is 2.32. The first-order valence-electron chi connectivity index (χ1n) is 14.1. The van der Waals surface area contributed by atoms with Crippen molar-refractivity contribution in [1.82, 2.24) is 5.32 Å². The SMILES string of the molecule is COc1ccc(C(CC(=O)O)NC(=O)CCC(=O)C(C)(C)N(C)c2ccc(NC(=O)Nc3ccccc3C)cc2)cc1OC. The number of carboxylic acid groups (broad SMARTS) is 1. The lowest BCUT2D eigenvalue weighted by molar-refractivity contribution is -0.138. The van der Waals surface area contributed by atoms with Crippen molar-refractivity contribution in [3.63, 3.8) is 0 Å². The summed E-state index contributed by atoms with van der Waals surface area (Å²) in [5.74, 6) is -0.822. The molecule has 0 saturated carbocycles. The van der Waals surface area contributed by atoms with Crippen molar-refractivity contribution in [3.05, 3.63) is 77.9 Å². The second kappa shape index (κ2) is 14.9. The van der Waals surface area contributed by atoms with Crippen LogP contribution >= 0.6 is 0 Å². The number of nitrogens with zero attached hydrogens (tertiary/aromatic N) is 1. The Morgan fingerprint density at radius 3 is 2.16 bits per heavy atom. The number of Topliss-reactive ketones (excluding diaryl/α,β-unsaturated/α-hetero) is 1. The van der Waals surface area contributed by atoms with Crippen molar-refractivity contribution in [2.24, 2.45) is 0 Å². The Hall–Kier alpha value is -5.06. The van der Waals surface area contributed by atoms with Gasteiger partial charge in [-0.1, -0.05) is 24.3 Å². The quantitative estimate of drug-likeness (QED) is 0.187. The van der Waals surface area contributed by atoms with Gasteiger partial charge in [0.05, 0.1) is 32.2 Å². The molecule has 3 amide bonds. The van der Waals surface area contributed by atoms with Gasteiger partial charge < -0.3 is 35.4 Å². The molecule has 0 saturated heterocycles. The van der Waals surface area contributed by atoms with Crippen LogP contribution < -0.4 is 30.3 Å². The number of benzene rings is 3. The number of urea groups is 1. The van der Waals surface area contributed by atoms with Crippen LogP contribution in [0.2, 0.25) is 0 Å². The summed E-state index contributed by atoms with van der Waals surface area (Å²) in [6.45, 7) is 5.45. The largest absolute Gasteiger partial charge is 0.493 e. The molecule has 44 heavy (non-hydrogen) atoms. The lowest BCUT2D eigenvalue weighted by atomic mass is 9.92. The lowest BCUT2D eigenvalue weighted by Gasteiger charge is -2.36. The van der Waals surface area contributed by atoms with Gasteiger partial charge in [-0.25, -0.2) is 4.79 Å². The van der Waals surface area contributed by atoms with Crippen molar-refractivity contribution in [2.75, 3.05) is 36.8 Å². The van der Waals surface area contributed by atoms with E-state index in [0.29, 0.717) is 28.4 Å². The van der Waals surface area contributed by atoms with E-state index in [2.05, 4.69) is 16.0 Å².